The molecule has 2 aromatic rings. The van der Waals surface area contributed by atoms with Crippen LogP contribution in [-0.2, 0) is 6.42 Å². The van der Waals surface area contributed by atoms with Crippen molar-refractivity contribution in [2.45, 2.75) is 32.2 Å². The molecule has 1 aliphatic rings. The predicted octanol–water partition coefficient (Wildman–Crippen LogP) is 2.71. The lowest BCUT2D eigenvalue weighted by molar-refractivity contribution is 0.408. The summed E-state index contributed by atoms with van der Waals surface area (Å²) in [7, 11) is 1.70. The lowest BCUT2D eigenvalue weighted by Gasteiger charge is -2.27. The molecule has 4 nitrogen and oxygen atoms in total. The molecule has 1 heterocycles. The first-order chi connectivity index (χ1) is 9.19. The van der Waals surface area contributed by atoms with Gasteiger partial charge in [0.2, 0.25) is 0 Å². The van der Waals surface area contributed by atoms with Crippen molar-refractivity contribution in [2.75, 3.05) is 12.8 Å². The summed E-state index contributed by atoms with van der Waals surface area (Å²) >= 11 is 0. The van der Waals surface area contributed by atoms with Gasteiger partial charge in [0, 0.05) is 6.07 Å². The molecule has 2 N–H and O–H groups in total. The van der Waals surface area contributed by atoms with Gasteiger partial charge in [0.15, 0.2) is 0 Å². The highest BCUT2D eigenvalue weighted by Gasteiger charge is 2.24. The molecule has 0 fully saturated rings. The first-order valence-corrected chi connectivity index (χ1v) is 6.67. The van der Waals surface area contributed by atoms with Crippen molar-refractivity contribution < 1.29 is 4.74 Å². The van der Waals surface area contributed by atoms with E-state index in [9.17, 15) is 0 Å². The van der Waals surface area contributed by atoms with E-state index in [-0.39, 0.29) is 6.04 Å². The number of anilines is 1. The van der Waals surface area contributed by atoms with Gasteiger partial charge in [-0.3, -0.25) is 0 Å². The van der Waals surface area contributed by atoms with Crippen molar-refractivity contribution in [3.63, 3.8) is 0 Å². The summed E-state index contributed by atoms with van der Waals surface area (Å²) in [5.74, 6) is 1.63. The van der Waals surface area contributed by atoms with Gasteiger partial charge in [-0.25, -0.2) is 4.68 Å². The van der Waals surface area contributed by atoms with E-state index in [0.29, 0.717) is 0 Å². The van der Waals surface area contributed by atoms with Crippen LogP contribution in [0, 0.1) is 6.92 Å². The maximum Gasteiger partial charge on any atom is 0.122 e. The summed E-state index contributed by atoms with van der Waals surface area (Å²) < 4.78 is 7.29. The summed E-state index contributed by atoms with van der Waals surface area (Å²) in [5, 5.41) is 4.54. The highest BCUT2D eigenvalue weighted by atomic mass is 16.5. The van der Waals surface area contributed by atoms with E-state index in [2.05, 4.69) is 17.2 Å². The molecule has 0 bridgehead atoms. The zero-order valence-electron chi connectivity index (χ0n) is 11.4. The molecule has 1 aromatic heterocycles. The number of nitrogens with zero attached hydrogens (tertiary/aromatic N) is 2. The largest absolute Gasteiger partial charge is 0.497 e. The summed E-state index contributed by atoms with van der Waals surface area (Å²) in [6.45, 7) is 1.97. The van der Waals surface area contributed by atoms with Crippen molar-refractivity contribution >= 4 is 5.82 Å². The predicted molar refractivity (Wildman–Crippen MR) is 75.4 cm³/mol. The number of aryl methyl sites for hydroxylation is 2. The smallest absolute Gasteiger partial charge is 0.122 e. The Morgan fingerprint density at radius 2 is 2.21 bits per heavy atom. The van der Waals surface area contributed by atoms with Crippen LogP contribution >= 0.6 is 0 Å². The van der Waals surface area contributed by atoms with Crippen LogP contribution in [0.3, 0.4) is 0 Å². The SMILES string of the molecule is COc1ccc2c(c1)C(n1nc(C)cc1N)CCC2. The number of fused-ring (bicyclic) bond motifs is 1. The monoisotopic (exact) mass is 257 g/mol. The number of nitrogen functional groups attached to an aromatic ring is 1. The molecular formula is C15H19N3O. The lowest BCUT2D eigenvalue weighted by atomic mass is 9.87. The van der Waals surface area contributed by atoms with Crippen molar-refractivity contribution in [1.82, 2.24) is 9.78 Å². The minimum absolute atomic E-state index is 0.229. The molecule has 1 aromatic carbocycles. The van der Waals surface area contributed by atoms with Crippen LogP contribution < -0.4 is 10.5 Å². The summed E-state index contributed by atoms with van der Waals surface area (Å²) in [4.78, 5) is 0. The van der Waals surface area contributed by atoms with Crippen LogP contribution in [0.25, 0.3) is 0 Å². The number of rotatable bonds is 2. The molecule has 0 radical (unpaired) electrons. The van der Waals surface area contributed by atoms with Gasteiger partial charge in [0.1, 0.15) is 11.6 Å². The number of methoxy groups -OCH3 is 1. The van der Waals surface area contributed by atoms with Crippen LogP contribution in [0.1, 0.15) is 35.7 Å². The summed E-state index contributed by atoms with van der Waals surface area (Å²) in [5.41, 5.74) is 9.71. The average molecular weight is 257 g/mol. The normalized spacial score (nSPS) is 18.1. The van der Waals surface area contributed by atoms with E-state index in [1.54, 1.807) is 7.11 Å². The Balaban J connectivity index is 2.08. The van der Waals surface area contributed by atoms with E-state index in [4.69, 9.17) is 10.5 Å². The van der Waals surface area contributed by atoms with Crippen molar-refractivity contribution in [2.24, 2.45) is 0 Å². The van der Waals surface area contributed by atoms with Crippen LogP contribution in [0.5, 0.6) is 5.75 Å². The molecule has 0 amide bonds. The van der Waals surface area contributed by atoms with Crippen molar-refractivity contribution in [3.8, 4) is 5.75 Å². The second-order valence-electron chi connectivity index (χ2n) is 5.13. The van der Waals surface area contributed by atoms with E-state index in [1.807, 2.05) is 23.7 Å². The van der Waals surface area contributed by atoms with Gasteiger partial charge in [-0.05, 0) is 49.4 Å². The molecule has 4 heteroatoms. The molecular weight excluding hydrogens is 238 g/mol. The first kappa shape index (κ1) is 12.1. The molecule has 1 atom stereocenters. The fraction of sp³-hybridized carbons (Fsp3) is 0.400. The molecule has 19 heavy (non-hydrogen) atoms. The second-order valence-corrected chi connectivity index (χ2v) is 5.13. The zero-order chi connectivity index (χ0) is 13.4. The lowest BCUT2D eigenvalue weighted by Crippen LogP contribution is -2.20. The van der Waals surface area contributed by atoms with Crippen LogP contribution in [0.15, 0.2) is 24.3 Å². The standard InChI is InChI=1S/C15H19N3O/c1-10-8-15(16)18(17-10)14-5-3-4-11-6-7-12(19-2)9-13(11)14/h6-9,14H,3-5,16H2,1-2H3. The topological polar surface area (TPSA) is 53.1 Å². The first-order valence-electron chi connectivity index (χ1n) is 6.67. The van der Waals surface area contributed by atoms with Gasteiger partial charge in [0.25, 0.3) is 0 Å². The number of aromatic nitrogens is 2. The van der Waals surface area contributed by atoms with Gasteiger partial charge < -0.3 is 10.5 Å². The Morgan fingerprint density at radius 1 is 1.37 bits per heavy atom. The van der Waals surface area contributed by atoms with E-state index in [0.717, 1.165) is 30.1 Å². The molecule has 1 aliphatic carbocycles. The second kappa shape index (κ2) is 4.61. The Hall–Kier alpha value is -1.97. The fourth-order valence-corrected chi connectivity index (χ4v) is 2.92. The van der Waals surface area contributed by atoms with Gasteiger partial charge >= 0.3 is 0 Å². The third-order valence-electron chi connectivity index (χ3n) is 3.82. The molecule has 0 saturated carbocycles. The van der Waals surface area contributed by atoms with E-state index in [1.165, 1.54) is 17.5 Å². The fourth-order valence-electron chi connectivity index (χ4n) is 2.92. The maximum absolute atomic E-state index is 6.07. The Morgan fingerprint density at radius 3 is 2.89 bits per heavy atom. The van der Waals surface area contributed by atoms with Gasteiger partial charge in [-0.1, -0.05) is 6.07 Å². The number of nitrogens with two attached hydrogens (primary N) is 1. The van der Waals surface area contributed by atoms with Crippen LogP contribution in [0.2, 0.25) is 0 Å². The summed E-state index contributed by atoms with van der Waals surface area (Å²) in [6.07, 6.45) is 3.36. The molecule has 0 aliphatic heterocycles. The third-order valence-corrected chi connectivity index (χ3v) is 3.82. The van der Waals surface area contributed by atoms with E-state index >= 15 is 0 Å². The Bertz CT molecular complexity index is 603. The molecule has 0 saturated heterocycles. The van der Waals surface area contributed by atoms with Crippen molar-refractivity contribution in [1.29, 1.82) is 0 Å². The minimum atomic E-state index is 0.229. The van der Waals surface area contributed by atoms with Crippen LogP contribution in [-0.4, -0.2) is 16.9 Å². The highest BCUT2D eigenvalue weighted by Crippen LogP contribution is 2.36. The molecule has 0 spiro atoms. The molecule has 3 rings (SSSR count). The average Bonchev–Trinajstić information content (AvgIpc) is 2.76. The van der Waals surface area contributed by atoms with Crippen LogP contribution in [0.4, 0.5) is 5.82 Å². The third kappa shape index (κ3) is 2.07. The van der Waals surface area contributed by atoms with Gasteiger partial charge in [-0.2, -0.15) is 5.10 Å². The Labute approximate surface area is 113 Å². The van der Waals surface area contributed by atoms with E-state index < -0.39 is 0 Å². The Kier molecular flexibility index (Phi) is 2.93. The number of ether oxygens (including phenoxy) is 1. The highest BCUT2D eigenvalue weighted by molar-refractivity contribution is 5.41. The van der Waals surface area contributed by atoms with Gasteiger partial charge in [-0.15, -0.1) is 0 Å². The van der Waals surface area contributed by atoms with Crippen molar-refractivity contribution in [3.05, 3.63) is 41.1 Å². The molecule has 1 unspecified atom stereocenters. The molecule has 100 valence electrons. The van der Waals surface area contributed by atoms with Gasteiger partial charge in [0.05, 0.1) is 18.8 Å². The zero-order valence-corrected chi connectivity index (χ0v) is 11.4. The quantitative estimate of drug-likeness (QED) is 0.900. The number of hydrogen-bond acceptors (Lipinski definition) is 3. The minimum Gasteiger partial charge on any atom is -0.497 e. The number of benzene rings is 1. The maximum atomic E-state index is 6.07. The number of hydrogen-bond donors (Lipinski definition) is 1. The summed E-state index contributed by atoms with van der Waals surface area (Å²) in [6, 6.07) is 8.46.